The minimum Gasteiger partial charge on any atom is -0.385 e. The van der Waals surface area contributed by atoms with Crippen LogP contribution in [-0.4, -0.2) is 44.8 Å². The zero-order valence-electron chi connectivity index (χ0n) is 13.3. The van der Waals surface area contributed by atoms with Gasteiger partial charge in [0.1, 0.15) is 0 Å². The van der Waals surface area contributed by atoms with E-state index in [-0.39, 0.29) is 0 Å². The number of methoxy groups -OCH3 is 1. The SMILES string of the molecule is CCNC1=C(CCCN(CC)CCOC)CC=CC=C1. The van der Waals surface area contributed by atoms with E-state index in [1.807, 2.05) is 0 Å². The lowest BCUT2D eigenvalue weighted by Crippen LogP contribution is -2.28. The van der Waals surface area contributed by atoms with Crippen LogP contribution in [0.25, 0.3) is 0 Å². The molecule has 1 aliphatic carbocycles. The van der Waals surface area contributed by atoms with Crippen molar-refractivity contribution in [2.75, 3.05) is 39.9 Å². The standard InChI is InChI=1S/C17H30N2O/c1-4-18-17-12-8-6-7-10-16(17)11-9-13-19(5-2)14-15-20-3/h6-8,12,18H,4-5,9-11,13-15H2,1-3H3. The van der Waals surface area contributed by atoms with Gasteiger partial charge in [-0.05, 0) is 50.9 Å². The molecular weight excluding hydrogens is 248 g/mol. The fourth-order valence-electron chi connectivity index (χ4n) is 2.44. The molecule has 0 unspecified atom stereocenters. The Kier molecular flexibility index (Phi) is 9.09. The van der Waals surface area contributed by atoms with Crippen molar-refractivity contribution < 1.29 is 4.74 Å². The maximum Gasteiger partial charge on any atom is 0.0589 e. The summed E-state index contributed by atoms with van der Waals surface area (Å²) in [6.07, 6.45) is 12.2. The van der Waals surface area contributed by atoms with Crippen LogP contribution in [0.1, 0.15) is 33.1 Å². The summed E-state index contributed by atoms with van der Waals surface area (Å²) in [5.41, 5.74) is 2.84. The molecule has 0 radical (unpaired) electrons. The zero-order valence-corrected chi connectivity index (χ0v) is 13.3. The largest absolute Gasteiger partial charge is 0.385 e. The van der Waals surface area contributed by atoms with Crippen LogP contribution in [0.15, 0.2) is 35.6 Å². The van der Waals surface area contributed by atoms with Crippen LogP contribution in [0.4, 0.5) is 0 Å². The molecule has 0 atom stereocenters. The Hall–Kier alpha value is -1.06. The number of nitrogens with one attached hydrogen (secondary N) is 1. The molecule has 0 saturated carbocycles. The van der Waals surface area contributed by atoms with Crippen molar-refractivity contribution in [3.05, 3.63) is 35.6 Å². The molecule has 0 saturated heterocycles. The summed E-state index contributed by atoms with van der Waals surface area (Å²) in [6, 6.07) is 0. The lowest BCUT2D eigenvalue weighted by atomic mass is 10.0. The third kappa shape index (κ3) is 6.40. The number of hydrogen-bond acceptors (Lipinski definition) is 3. The first-order chi connectivity index (χ1) is 9.81. The predicted molar refractivity (Wildman–Crippen MR) is 86.8 cm³/mol. The quantitative estimate of drug-likeness (QED) is 0.664. The molecule has 0 fully saturated rings. The van der Waals surface area contributed by atoms with Gasteiger partial charge in [-0.2, -0.15) is 0 Å². The van der Waals surface area contributed by atoms with E-state index in [1.165, 1.54) is 24.1 Å². The molecule has 1 N–H and O–H groups in total. The molecule has 20 heavy (non-hydrogen) atoms. The first kappa shape index (κ1) is 17.0. The molecule has 0 spiro atoms. The van der Waals surface area contributed by atoms with Gasteiger partial charge in [0, 0.05) is 25.9 Å². The maximum atomic E-state index is 5.16. The summed E-state index contributed by atoms with van der Waals surface area (Å²) < 4.78 is 5.16. The van der Waals surface area contributed by atoms with E-state index < -0.39 is 0 Å². The molecule has 0 aliphatic heterocycles. The van der Waals surface area contributed by atoms with E-state index in [4.69, 9.17) is 4.74 Å². The third-order valence-electron chi connectivity index (χ3n) is 3.63. The Labute approximate surface area is 124 Å². The van der Waals surface area contributed by atoms with Crippen molar-refractivity contribution in [3.8, 4) is 0 Å². The molecule has 1 rings (SSSR count). The van der Waals surface area contributed by atoms with Gasteiger partial charge in [0.2, 0.25) is 0 Å². The lowest BCUT2D eigenvalue weighted by Gasteiger charge is -2.20. The van der Waals surface area contributed by atoms with Gasteiger partial charge in [0.25, 0.3) is 0 Å². The van der Waals surface area contributed by atoms with Crippen molar-refractivity contribution in [1.29, 1.82) is 0 Å². The molecule has 3 nitrogen and oxygen atoms in total. The van der Waals surface area contributed by atoms with Crippen LogP contribution in [0.2, 0.25) is 0 Å². The molecule has 0 bridgehead atoms. The van der Waals surface area contributed by atoms with E-state index in [1.54, 1.807) is 7.11 Å². The molecule has 114 valence electrons. The summed E-state index contributed by atoms with van der Waals surface area (Å²) in [5.74, 6) is 0. The number of hydrogen-bond donors (Lipinski definition) is 1. The van der Waals surface area contributed by atoms with Crippen LogP contribution in [0.5, 0.6) is 0 Å². The molecule has 0 heterocycles. The van der Waals surface area contributed by atoms with Crippen LogP contribution < -0.4 is 5.32 Å². The topological polar surface area (TPSA) is 24.5 Å². The Bertz CT molecular complexity index is 345. The van der Waals surface area contributed by atoms with Gasteiger partial charge in [0.05, 0.1) is 6.61 Å². The molecule has 0 aromatic rings. The van der Waals surface area contributed by atoms with Gasteiger partial charge < -0.3 is 15.0 Å². The van der Waals surface area contributed by atoms with Gasteiger partial charge in [-0.25, -0.2) is 0 Å². The second-order valence-corrected chi connectivity index (χ2v) is 5.07. The highest BCUT2D eigenvalue weighted by molar-refractivity contribution is 5.31. The van der Waals surface area contributed by atoms with Gasteiger partial charge in [-0.15, -0.1) is 0 Å². The van der Waals surface area contributed by atoms with Gasteiger partial charge >= 0.3 is 0 Å². The number of nitrogens with zero attached hydrogens (tertiary/aromatic N) is 1. The molecular formula is C17H30N2O. The molecule has 0 aromatic carbocycles. The zero-order chi connectivity index (χ0) is 14.6. The van der Waals surface area contributed by atoms with E-state index in [0.29, 0.717) is 0 Å². The van der Waals surface area contributed by atoms with Crippen LogP contribution in [0.3, 0.4) is 0 Å². The van der Waals surface area contributed by atoms with E-state index in [9.17, 15) is 0 Å². The smallest absolute Gasteiger partial charge is 0.0589 e. The Morgan fingerprint density at radius 1 is 1.25 bits per heavy atom. The minimum atomic E-state index is 0.824. The average Bonchev–Trinajstić information content (AvgIpc) is 2.69. The maximum absolute atomic E-state index is 5.16. The Morgan fingerprint density at radius 3 is 2.80 bits per heavy atom. The first-order valence-electron chi connectivity index (χ1n) is 7.82. The van der Waals surface area contributed by atoms with E-state index in [0.717, 1.165) is 39.2 Å². The number of allylic oxidation sites excluding steroid dienone is 5. The average molecular weight is 278 g/mol. The Morgan fingerprint density at radius 2 is 2.10 bits per heavy atom. The van der Waals surface area contributed by atoms with Gasteiger partial charge in [-0.1, -0.05) is 25.2 Å². The molecule has 0 aromatic heterocycles. The van der Waals surface area contributed by atoms with Crippen molar-refractivity contribution >= 4 is 0 Å². The van der Waals surface area contributed by atoms with Crippen molar-refractivity contribution in [1.82, 2.24) is 10.2 Å². The van der Waals surface area contributed by atoms with Crippen molar-refractivity contribution in [2.24, 2.45) is 0 Å². The van der Waals surface area contributed by atoms with Crippen LogP contribution >= 0.6 is 0 Å². The van der Waals surface area contributed by atoms with Crippen molar-refractivity contribution in [3.63, 3.8) is 0 Å². The molecule has 3 heteroatoms. The normalized spacial score (nSPS) is 15.0. The fourth-order valence-corrected chi connectivity index (χ4v) is 2.44. The number of ether oxygens (including phenoxy) is 1. The van der Waals surface area contributed by atoms with Crippen molar-refractivity contribution in [2.45, 2.75) is 33.1 Å². The number of rotatable bonds is 10. The molecule has 0 amide bonds. The first-order valence-corrected chi connectivity index (χ1v) is 7.82. The monoisotopic (exact) mass is 278 g/mol. The third-order valence-corrected chi connectivity index (χ3v) is 3.63. The van der Waals surface area contributed by atoms with Gasteiger partial charge in [0.15, 0.2) is 0 Å². The van der Waals surface area contributed by atoms with Crippen LogP contribution in [0, 0.1) is 0 Å². The highest BCUT2D eigenvalue weighted by Crippen LogP contribution is 2.18. The number of likely N-dealkylation sites (N-methyl/N-ethyl adjacent to an activating group) is 2. The highest BCUT2D eigenvalue weighted by Gasteiger charge is 2.07. The molecule has 1 aliphatic rings. The van der Waals surface area contributed by atoms with E-state index in [2.05, 4.69) is 48.4 Å². The predicted octanol–water partition coefficient (Wildman–Crippen LogP) is 3.11. The summed E-state index contributed by atoms with van der Waals surface area (Å²) in [7, 11) is 1.77. The highest BCUT2D eigenvalue weighted by atomic mass is 16.5. The van der Waals surface area contributed by atoms with E-state index >= 15 is 0 Å². The van der Waals surface area contributed by atoms with Gasteiger partial charge in [-0.3, -0.25) is 0 Å². The second-order valence-electron chi connectivity index (χ2n) is 5.07. The Balaban J connectivity index is 2.44. The minimum absolute atomic E-state index is 0.824. The van der Waals surface area contributed by atoms with Crippen LogP contribution in [-0.2, 0) is 4.74 Å². The summed E-state index contributed by atoms with van der Waals surface area (Å²) in [5, 5.41) is 3.48. The lowest BCUT2D eigenvalue weighted by molar-refractivity contribution is 0.150. The summed E-state index contributed by atoms with van der Waals surface area (Å²) in [4.78, 5) is 2.46. The second kappa shape index (κ2) is 10.7. The fraction of sp³-hybridized carbons (Fsp3) is 0.647. The summed E-state index contributed by atoms with van der Waals surface area (Å²) in [6.45, 7) is 9.46. The summed E-state index contributed by atoms with van der Waals surface area (Å²) >= 11 is 0.